The highest BCUT2D eigenvalue weighted by molar-refractivity contribution is 6.35. The highest BCUT2D eigenvalue weighted by Crippen LogP contribution is 2.34. The van der Waals surface area contributed by atoms with Crippen molar-refractivity contribution in [1.82, 2.24) is 9.78 Å². The van der Waals surface area contributed by atoms with Crippen LogP contribution in [0.3, 0.4) is 0 Å². The molecule has 8 nitrogen and oxygen atoms in total. The summed E-state index contributed by atoms with van der Waals surface area (Å²) in [6, 6.07) is 8.57. The summed E-state index contributed by atoms with van der Waals surface area (Å²) in [7, 11) is 0. The molecule has 0 atom stereocenters. The lowest BCUT2D eigenvalue weighted by atomic mass is 10.2. The highest BCUT2D eigenvalue weighted by atomic mass is 35.5. The van der Waals surface area contributed by atoms with Crippen LogP contribution in [0.2, 0.25) is 10.0 Å². The maximum atomic E-state index is 12.6. The molecular weight excluding hydrogens is 419 g/mol. The molecule has 0 fully saturated rings. The second-order valence-electron chi connectivity index (χ2n) is 6.09. The maximum absolute atomic E-state index is 12.6. The minimum atomic E-state index is -0.577. The molecule has 0 aliphatic rings. The zero-order valence-electron chi connectivity index (χ0n) is 15.5. The minimum Gasteiger partial charge on any atom is -0.455 e. The lowest BCUT2D eigenvalue weighted by Crippen LogP contribution is -2.12. The number of non-ortho nitro benzene ring substituents is 1. The molecule has 2 aromatic carbocycles. The number of rotatable bonds is 6. The van der Waals surface area contributed by atoms with Gasteiger partial charge < -0.3 is 10.1 Å². The van der Waals surface area contributed by atoms with Crippen LogP contribution in [0.15, 0.2) is 42.6 Å². The standard InChI is InChI=1S/C19H16Cl2N4O4/c1-3-24-10-16(11(2)23-24)19(26)22-13-7-14(25(27)28)9-15(8-13)29-18-5-4-12(20)6-17(18)21/h4-10H,3H2,1-2H3,(H,22,26). The summed E-state index contributed by atoms with van der Waals surface area (Å²) in [5, 5.41) is 18.9. The van der Waals surface area contributed by atoms with E-state index >= 15 is 0 Å². The largest absolute Gasteiger partial charge is 0.455 e. The fraction of sp³-hybridized carbons (Fsp3) is 0.158. The zero-order chi connectivity index (χ0) is 21.1. The van der Waals surface area contributed by atoms with Crippen molar-refractivity contribution in [3.8, 4) is 11.5 Å². The number of aromatic nitrogens is 2. The fourth-order valence-corrected chi connectivity index (χ4v) is 3.05. The van der Waals surface area contributed by atoms with Gasteiger partial charge in [0.2, 0.25) is 0 Å². The number of ether oxygens (including phenoxy) is 1. The number of aryl methyl sites for hydroxylation is 2. The average molecular weight is 435 g/mol. The van der Waals surface area contributed by atoms with Gasteiger partial charge in [0.25, 0.3) is 11.6 Å². The van der Waals surface area contributed by atoms with Crippen LogP contribution in [0, 0.1) is 17.0 Å². The van der Waals surface area contributed by atoms with Gasteiger partial charge in [-0.3, -0.25) is 19.6 Å². The molecule has 150 valence electrons. The number of amides is 1. The Morgan fingerprint density at radius 3 is 2.66 bits per heavy atom. The van der Waals surface area contributed by atoms with Crippen LogP contribution in [0.25, 0.3) is 0 Å². The maximum Gasteiger partial charge on any atom is 0.275 e. The molecule has 3 aromatic rings. The summed E-state index contributed by atoms with van der Waals surface area (Å²) < 4.78 is 7.30. The third kappa shape index (κ3) is 4.85. The first-order valence-electron chi connectivity index (χ1n) is 8.54. The Morgan fingerprint density at radius 2 is 2.03 bits per heavy atom. The topological polar surface area (TPSA) is 99.3 Å². The number of nitrogens with one attached hydrogen (secondary N) is 1. The molecule has 1 N–H and O–H groups in total. The predicted octanol–water partition coefficient (Wildman–Crippen LogP) is 5.47. The highest BCUT2D eigenvalue weighted by Gasteiger charge is 2.17. The number of nitrogens with zero attached hydrogens (tertiary/aromatic N) is 3. The summed E-state index contributed by atoms with van der Waals surface area (Å²) in [6.07, 6.45) is 1.62. The van der Waals surface area contributed by atoms with E-state index in [1.165, 1.54) is 24.3 Å². The molecule has 0 spiro atoms. The minimum absolute atomic E-state index is 0.139. The molecule has 0 aliphatic carbocycles. The van der Waals surface area contributed by atoms with Crippen molar-refractivity contribution in [2.45, 2.75) is 20.4 Å². The van der Waals surface area contributed by atoms with Crippen molar-refractivity contribution in [3.63, 3.8) is 0 Å². The number of nitro groups is 1. The van der Waals surface area contributed by atoms with Gasteiger partial charge in [0.1, 0.15) is 11.5 Å². The Morgan fingerprint density at radius 1 is 1.28 bits per heavy atom. The smallest absolute Gasteiger partial charge is 0.275 e. The molecule has 0 unspecified atom stereocenters. The van der Waals surface area contributed by atoms with Crippen molar-refractivity contribution in [3.05, 3.63) is 74.0 Å². The third-order valence-corrected chi connectivity index (χ3v) is 4.53. The van der Waals surface area contributed by atoms with E-state index in [1.807, 2.05) is 6.92 Å². The Hall–Kier alpha value is -3.10. The molecule has 0 aliphatic heterocycles. The molecule has 10 heteroatoms. The summed E-state index contributed by atoms with van der Waals surface area (Å²) in [6.45, 7) is 4.23. The lowest BCUT2D eigenvalue weighted by Gasteiger charge is -2.10. The van der Waals surface area contributed by atoms with Crippen LogP contribution >= 0.6 is 23.2 Å². The van der Waals surface area contributed by atoms with E-state index in [2.05, 4.69) is 10.4 Å². The van der Waals surface area contributed by atoms with Crippen LogP contribution in [0.1, 0.15) is 23.0 Å². The first-order valence-corrected chi connectivity index (χ1v) is 9.30. The third-order valence-electron chi connectivity index (χ3n) is 4.00. The van der Waals surface area contributed by atoms with Gasteiger partial charge in [0.15, 0.2) is 0 Å². The van der Waals surface area contributed by atoms with Gasteiger partial charge in [-0.15, -0.1) is 0 Å². The lowest BCUT2D eigenvalue weighted by molar-refractivity contribution is -0.384. The molecule has 1 heterocycles. The molecule has 0 saturated carbocycles. The molecule has 3 rings (SSSR count). The number of anilines is 1. The summed E-state index contributed by atoms with van der Waals surface area (Å²) in [5.74, 6) is -0.0215. The van der Waals surface area contributed by atoms with Crippen molar-refractivity contribution in [2.24, 2.45) is 0 Å². The Balaban J connectivity index is 1.91. The van der Waals surface area contributed by atoms with Crippen LogP contribution in [0.4, 0.5) is 11.4 Å². The van der Waals surface area contributed by atoms with Gasteiger partial charge >= 0.3 is 0 Å². The van der Waals surface area contributed by atoms with E-state index in [1.54, 1.807) is 29.9 Å². The zero-order valence-corrected chi connectivity index (χ0v) is 17.0. The number of halogens is 2. The van der Waals surface area contributed by atoms with Crippen molar-refractivity contribution >= 4 is 40.5 Å². The summed E-state index contributed by atoms with van der Waals surface area (Å²) in [4.78, 5) is 23.3. The van der Waals surface area contributed by atoms with E-state index < -0.39 is 10.8 Å². The normalized spacial score (nSPS) is 10.6. The van der Waals surface area contributed by atoms with Crippen LogP contribution in [0.5, 0.6) is 11.5 Å². The molecule has 1 amide bonds. The molecule has 1 aromatic heterocycles. The second-order valence-corrected chi connectivity index (χ2v) is 6.93. The Kier molecular flexibility index (Phi) is 6.05. The van der Waals surface area contributed by atoms with Gasteiger partial charge in [-0.1, -0.05) is 23.2 Å². The van der Waals surface area contributed by atoms with Crippen molar-refractivity contribution < 1.29 is 14.5 Å². The average Bonchev–Trinajstić information content (AvgIpc) is 3.05. The van der Waals surface area contributed by atoms with Gasteiger partial charge in [-0.25, -0.2) is 0 Å². The molecule has 29 heavy (non-hydrogen) atoms. The molecular formula is C19H16Cl2N4O4. The van der Waals surface area contributed by atoms with E-state index in [0.717, 1.165) is 0 Å². The van der Waals surface area contributed by atoms with E-state index in [-0.39, 0.29) is 27.9 Å². The van der Waals surface area contributed by atoms with Crippen molar-refractivity contribution in [2.75, 3.05) is 5.32 Å². The van der Waals surface area contributed by atoms with Gasteiger partial charge in [0.05, 0.1) is 33.0 Å². The number of hydrogen-bond acceptors (Lipinski definition) is 5. The number of benzene rings is 2. The van der Waals surface area contributed by atoms with Gasteiger partial charge in [0, 0.05) is 29.9 Å². The monoisotopic (exact) mass is 434 g/mol. The number of hydrogen-bond donors (Lipinski definition) is 1. The number of nitro benzene ring substituents is 1. The van der Waals surface area contributed by atoms with Crippen molar-refractivity contribution in [1.29, 1.82) is 0 Å². The SMILES string of the molecule is CCn1cc(C(=O)Nc2cc(Oc3ccc(Cl)cc3Cl)cc([N+](=O)[O-])c2)c(C)n1. The number of carbonyl (C=O) groups excluding carboxylic acids is 1. The van der Waals surface area contributed by atoms with Crippen LogP contribution in [-0.4, -0.2) is 20.6 Å². The van der Waals surface area contributed by atoms with E-state index in [0.29, 0.717) is 22.8 Å². The summed E-state index contributed by atoms with van der Waals surface area (Å²) in [5.41, 5.74) is 0.887. The van der Waals surface area contributed by atoms with E-state index in [9.17, 15) is 14.9 Å². The quantitative estimate of drug-likeness (QED) is 0.409. The van der Waals surface area contributed by atoms with Crippen LogP contribution < -0.4 is 10.1 Å². The van der Waals surface area contributed by atoms with E-state index in [4.69, 9.17) is 27.9 Å². The second kappa shape index (κ2) is 8.50. The first-order chi connectivity index (χ1) is 13.8. The summed E-state index contributed by atoms with van der Waals surface area (Å²) >= 11 is 12.0. The number of carbonyl (C=O) groups is 1. The Bertz CT molecular complexity index is 1100. The molecule has 0 bridgehead atoms. The first kappa shape index (κ1) is 20.6. The van der Waals surface area contributed by atoms with Gasteiger partial charge in [-0.05, 0) is 32.0 Å². The molecule has 0 saturated heterocycles. The molecule has 0 radical (unpaired) electrons. The predicted molar refractivity (Wildman–Crippen MR) is 110 cm³/mol. The fourth-order valence-electron chi connectivity index (χ4n) is 2.61. The van der Waals surface area contributed by atoms with Gasteiger partial charge in [-0.2, -0.15) is 5.10 Å². The Labute approximate surface area is 176 Å². The van der Waals surface area contributed by atoms with Crippen LogP contribution in [-0.2, 0) is 6.54 Å².